The second kappa shape index (κ2) is 8.40. The van der Waals surface area contributed by atoms with Crippen LogP contribution in [0.1, 0.15) is 11.1 Å². The summed E-state index contributed by atoms with van der Waals surface area (Å²) in [4.78, 5) is 33.9. The van der Waals surface area contributed by atoms with Gasteiger partial charge in [-0.1, -0.05) is 60.1 Å². The average molecular weight is 445 g/mol. The van der Waals surface area contributed by atoms with Crippen LogP contribution in [0.5, 0.6) is 0 Å². The molecule has 160 valence electrons. The van der Waals surface area contributed by atoms with Gasteiger partial charge < -0.3 is 11.5 Å². The summed E-state index contributed by atoms with van der Waals surface area (Å²) in [6, 6.07) is 20.1. The van der Waals surface area contributed by atoms with Gasteiger partial charge in [0.15, 0.2) is 5.54 Å². The topological polar surface area (TPSA) is 111 Å². The number of halogens is 1. The lowest BCUT2D eigenvalue weighted by molar-refractivity contribution is -0.122. The van der Waals surface area contributed by atoms with Crippen LogP contribution in [0, 0.1) is 0 Å². The fraction of sp³-hybridized carbons (Fsp3) is 0.120. The predicted molar refractivity (Wildman–Crippen MR) is 125 cm³/mol. The number of rotatable bonds is 6. The summed E-state index contributed by atoms with van der Waals surface area (Å²) in [6.45, 7) is 0. The number of nitrogens with two attached hydrogens (primary N) is 2. The van der Waals surface area contributed by atoms with Crippen molar-refractivity contribution < 1.29 is 9.59 Å². The normalized spacial score (nSPS) is 21.9. The zero-order chi connectivity index (χ0) is 22.8. The Hall–Kier alpha value is -3.77. The molecule has 0 saturated carbocycles. The van der Waals surface area contributed by atoms with Gasteiger partial charge in [-0.3, -0.25) is 19.6 Å². The molecule has 0 bridgehead atoms. The van der Waals surface area contributed by atoms with E-state index >= 15 is 0 Å². The van der Waals surface area contributed by atoms with Crippen molar-refractivity contribution in [3.63, 3.8) is 0 Å². The minimum absolute atomic E-state index is 0.269. The molecule has 4 N–H and O–H groups in total. The third-order valence-corrected chi connectivity index (χ3v) is 5.99. The van der Waals surface area contributed by atoms with Gasteiger partial charge in [0, 0.05) is 29.4 Å². The lowest BCUT2D eigenvalue weighted by Gasteiger charge is -2.33. The first kappa shape index (κ1) is 21.5. The third kappa shape index (κ3) is 3.81. The van der Waals surface area contributed by atoms with Crippen LogP contribution in [0.2, 0.25) is 5.02 Å². The molecule has 32 heavy (non-hydrogen) atoms. The molecule has 0 spiro atoms. The lowest BCUT2D eigenvalue weighted by atomic mass is 9.75. The number of aliphatic imine (C=N–C) groups is 1. The molecule has 2 atom stereocenters. The number of nitrogens with zero attached hydrogens (tertiary/aromatic N) is 2. The predicted octanol–water partition coefficient (Wildman–Crippen LogP) is 3.23. The molecule has 1 aliphatic heterocycles. The number of primary amides is 2. The second-order valence-electron chi connectivity index (χ2n) is 7.69. The second-order valence-corrected chi connectivity index (χ2v) is 8.09. The third-order valence-electron chi connectivity index (χ3n) is 5.66. The highest BCUT2D eigenvalue weighted by Gasteiger charge is 2.43. The molecule has 0 aliphatic carbocycles. The van der Waals surface area contributed by atoms with Crippen LogP contribution in [0.3, 0.4) is 0 Å². The molecule has 3 aromatic rings. The van der Waals surface area contributed by atoms with E-state index in [0.29, 0.717) is 21.8 Å². The Labute approximate surface area is 190 Å². The molecular weight excluding hydrogens is 424 g/mol. The van der Waals surface area contributed by atoms with Gasteiger partial charge in [-0.25, -0.2) is 0 Å². The smallest absolute Gasteiger partial charge is 0.249 e. The largest absolute Gasteiger partial charge is 0.368 e. The number of carbonyl (C=O) groups excluding carboxylic acids is 2. The number of pyridine rings is 1. The molecule has 2 aromatic carbocycles. The summed E-state index contributed by atoms with van der Waals surface area (Å²) < 4.78 is 0. The average Bonchev–Trinajstić information content (AvgIpc) is 2.81. The summed E-state index contributed by atoms with van der Waals surface area (Å²) in [5, 5.41) is 0.486. The Morgan fingerprint density at radius 3 is 2.25 bits per heavy atom. The van der Waals surface area contributed by atoms with Crippen LogP contribution in [0.25, 0.3) is 11.3 Å². The highest BCUT2D eigenvalue weighted by Crippen LogP contribution is 2.36. The van der Waals surface area contributed by atoms with Gasteiger partial charge in [-0.05, 0) is 41.5 Å². The lowest BCUT2D eigenvalue weighted by Crippen LogP contribution is -2.50. The van der Waals surface area contributed by atoms with Crippen LogP contribution in [0.15, 0.2) is 90.1 Å². The van der Waals surface area contributed by atoms with Crippen molar-refractivity contribution in [1.82, 2.24) is 4.98 Å². The van der Waals surface area contributed by atoms with Gasteiger partial charge in [0.05, 0.1) is 5.69 Å². The molecule has 0 fully saturated rings. The van der Waals surface area contributed by atoms with Gasteiger partial charge in [0.1, 0.15) is 5.41 Å². The summed E-state index contributed by atoms with van der Waals surface area (Å²) in [6.07, 6.45) is 6.51. The Morgan fingerprint density at radius 2 is 1.66 bits per heavy atom. The van der Waals surface area contributed by atoms with Crippen molar-refractivity contribution in [2.75, 3.05) is 0 Å². The molecule has 0 radical (unpaired) electrons. The van der Waals surface area contributed by atoms with Crippen molar-refractivity contribution >= 4 is 29.6 Å². The fourth-order valence-electron chi connectivity index (χ4n) is 3.78. The van der Waals surface area contributed by atoms with Crippen LogP contribution in [-0.2, 0) is 21.4 Å². The number of aromatic nitrogens is 1. The van der Waals surface area contributed by atoms with Gasteiger partial charge in [-0.15, -0.1) is 0 Å². The van der Waals surface area contributed by atoms with E-state index in [0.717, 1.165) is 5.56 Å². The van der Waals surface area contributed by atoms with E-state index in [1.165, 1.54) is 6.21 Å². The van der Waals surface area contributed by atoms with E-state index in [2.05, 4.69) is 9.98 Å². The quantitative estimate of drug-likeness (QED) is 0.569. The van der Waals surface area contributed by atoms with Crippen molar-refractivity contribution in [3.8, 4) is 11.3 Å². The first-order valence-electron chi connectivity index (χ1n) is 9.98. The minimum atomic E-state index is -1.36. The van der Waals surface area contributed by atoms with Crippen LogP contribution >= 0.6 is 11.6 Å². The number of hydrogen-bond donors (Lipinski definition) is 2. The molecule has 0 saturated heterocycles. The first-order valence-corrected chi connectivity index (χ1v) is 10.4. The van der Waals surface area contributed by atoms with Gasteiger partial charge in [0.25, 0.3) is 0 Å². The molecule has 2 unspecified atom stereocenters. The van der Waals surface area contributed by atoms with E-state index in [1.807, 2.05) is 42.5 Å². The minimum Gasteiger partial charge on any atom is -0.368 e. The monoisotopic (exact) mass is 444 g/mol. The van der Waals surface area contributed by atoms with E-state index in [-0.39, 0.29) is 6.42 Å². The number of amides is 2. The number of hydrogen-bond acceptors (Lipinski definition) is 4. The SMILES string of the molecule is NC(=O)C1(Cc2ccccc2)C=CC(C(N)=O)(c2ccc(Cl)c(-c3ccccn3)c2)C=N1. The summed E-state index contributed by atoms with van der Waals surface area (Å²) in [5.41, 5.74) is 11.7. The van der Waals surface area contributed by atoms with Crippen molar-refractivity contribution in [2.24, 2.45) is 16.5 Å². The molecule has 6 nitrogen and oxygen atoms in total. The molecule has 1 aliphatic rings. The number of benzene rings is 2. The highest BCUT2D eigenvalue weighted by atomic mass is 35.5. The van der Waals surface area contributed by atoms with Gasteiger partial charge in [0.2, 0.25) is 11.8 Å². The Morgan fingerprint density at radius 1 is 0.906 bits per heavy atom. The Balaban J connectivity index is 1.78. The van der Waals surface area contributed by atoms with E-state index in [4.69, 9.17) is 23.1 Å². The standard InChI is InChI=1S/C25H21ClN4O2/c26-20-10-9-18(14-19(20)21-8-4-5-13-29-21)24(22(27)31)11-12-25(23(28)32,30-16-24)15-17-6-2-1-3-7-17/h1-14,16H,15H2,(H2,27,31)(H2,28,32). The highest BCUT2D eigenvalue weighted by molar-refractivity contribution is 6.33. The van der Waals surface area contributed by atoms with Crippen LogP contribution in [-0.4, -0.2) is 28.6 Å². The van der Waals surface area contributed by atoms with Crippen LogP contribution < -0.4 is 11.5 Å². The van der Waals surface area contributed by atoms with Crippen LogP contribution in [0.4, 0.5) is 0 Å². The Bertz CT molecular complexity index is 1210. The number of dihydropyridines is 1. The van der Waals surface area contributed by atoms with E-state index < -0.39 is 22.8 Å². The summed E-state index contributed by atoms with van der Waals surface area (Å²) in [5.74, 6) is -1.25. The Kier molecular flexibility index (Phi) is 5.63. The maximum atomic E-state index is 12.7. The number of carbonyl (C=O) groups is 2. The van der Waals surface area contributed by atoms with E-state index in [9.17, 15) is 9.59 Å². The zero-order valence-electron chi connectivity index (χ0n) is 17.1. The molecule has 1 aromatic heterocycles. The molecular formula is C25H21ClN4O2. The van der Waals surface area contributed by atoms with Gasteiger partial charge in [-0.2, -0.15) is 0 Å². The first-order chi connectivity index (χ1) is 15.4. The van der Waals surface area contributed by atoms with Crippen molar-refractivity contribution in [1.29, 1.82) is 0 Å². The summed E-state index contributed by atoms with van der Waals surface area (Å²) >= 11 is 6.40. The molecule has 2 amide bonds. The van der Waals surface area contributed by atoms with Crippen molar-refractivity contribution in [3.05, 3.63) is 101 Å². The van der Waals surface area contributed by atoms with Gasteiger partial charge >= 0.3 is 0 Å². The van der Waals surface area contributed by atoms with E-state index in [1.54, 1.807) is 42.6 Å². The zero-order valence-corrected chi connectivity index (χ0v) is 17.9. The molecule has 4 rings (SSSR count). The molecule has 2 heterocycles. The van der Waals surface area contributed by atoms with Crippen molar-refractivity contribution in [2.45, 2.75) is 17.4 Å². The summed E-state index contributed by atoms with van der Waals surface area (Å²) in [7, 11) is 0. The fourth-order valence-corrected chi connectivity index (χ4v) is 3.99. The maximum absolute atomic E-state index is 12.7. The maximum Gasteiger partial charge on any atom is 0.249 e. The molecule has 7 heteroatoms.